The van der Waals surface area contributed by atoms with Gasteiger partial charge in [0.25, 0.3) is 0 Å². The van der Waals surface area contributed by atoms with E-state index in [0.29, 0.717) is 13.2 Å². The van der Waals surface area contributed by atoms with Crippen LogP contribution < -0.4 is 4.74 Å². The molecule has 0 saturated heterocycles. The molecule has 1 heterocycles. The average molecular weight is 378 g/mol. The van der Waals surface area contributed by atoms with Gasteiger partial charge in [-0.05, 0) is 30.7 Å². The largest absolute Gasteiger partial charge is 0.489 e. The highest BCUT2D eigenvalue weighted by molar-refractivity contribution is 6.00. The topological polar surface area (TPSA) is 73.1 Å². The van der Waals surface area contributed by atoms with E-state index in [0.717, 1.165) is 27.8 Å². The zero-order valence-corrected chi connectivity index (χ0v) is 15.7. The Kier molecular flexibility index (Phi) is 6.11. The number of aliphatic carboxylic acids is 1. The molecule has 0 unspecified atom stereocenters. The minimum Gasteiger partial charge on any atom is -0.489 e. The maximum atomic E-state index is 10.5. The number of carbonyl (C=O) groups is 1. The predicted octanol–water partition coefficient (Wildman–Crippen LogP) is 4.15. The molecule has 6 heteroatoms. The molecule has 1 aromatic heterocycles. The molecule has 3 rings (SSSR count). The fourth-order valence-corrected chi connectivity index (χ4v) is 2.94. The van der Waals surface area contributed by atoms with Crippen LogP contribution in [0.4, 0.5) is 0 Å². The fourth-order valence-electron chi connectivity index (χ4n) is 2.94. The lowest BCUT2D eigenvalue weighted by molar-refractivity contribution is -0.142. The van der Waals surface area contributed by atoms with Crippen molar-refractivity contribution >= 4 is 23.1 Å². The van der Waals surface area contributed by atoms with E-state index in [1.165, 1.54) is 11.8 Å². The molecule has 144 valence electrons. The second-order valence-corrected chi connectivity index (χ2v) is 6.38. The molecule has 0 aliphatic heterocycles. The molecule has 2 aromatic carbocycles. The lowest BCUT2D eigenvalue weighted by Gasteiger charge is -2.08. The van der Waals surface area contributed by atoms with Gasteiger partial charge in [-0.15, -0.1) is 6.58 Å². The summed E-state index contributed by atoms with van der Waals surface area (Å²) in [5.41, 5.74) is 4.11. The van der Waals surface area contributed by atoms with E-state index >= 15 is 0 Å². The van der Waals surface area contributed by atoms with Crippen LogP contribution in [0.2, 0.25) is 0 Å². The summed E-state index contributed by atoms with van der Waals surface area (Å²) in [6.45, 7) is 6.48. The summed E-state index contributed by atoms with van der Waals surface area (Å²) in [5, 5.41) is 13.3. The van der Waals surface area contributed by atoms with Crippen molar-refractivity contribution in [2.75, 3.05) is 6.61 Å². The first-order valence-corrected chi connectivity index (χ1v) is 8.86. The van der Waals surface area contributed by atoms with Crippen LogP contribution in [0.3, 0.4) is 0 Å². The van der Waals surface area contributed by atoms with Gasteiger partial charge in [-0.2, -0.15) is 0 Å². The number of aromatic nitrogens is 1. The highest BCUT2D eigenvalue weighted by Crippen LogP contribution is 2.26. The Morgan fingerprint density at radius 3 is 2.89 bits per heavy atom. The van der Waals surface area contributed by atoms with Crippen LogP contribution >= 0.6 is 0 Å². The standard InChI is InChI=1S/C22H22N2O4/c1-3-9-24-13-18(12-23-28-15-22(25)26)20-11-19(7-8-21(20)24)27-14-17-6-4-5-16(2)10-17/h3-8,10-13H,1,9,14-15H2,2H3,(H,25,26)/b23-12+. The average Bonchev–Trinajstić information content (AvgIpc) is 3.01. The number of ether oxygens (including phenoxy) is 1. The van der Waals surface area contributed by atoms with Crippen molar-refractivity contribution in [2.45, 2.75) is 20.1 Å². The van der Waals surface area contributed by atoms with Crippen molar-refractivity contribution < 1.29 is 19.5 Å². The maximum absolute atomic E-state index is 10.5. The molecule has 28 heavy (non-hydrogen) atoms. The summed E-state index contributed by atoms with van der Waals surface area (Å²) in [4.78, 5) is 15.3. The van der Waals surface area contributed by atoms with Crippen LogP contribution in [-0.2, 0) is 22.8 Å². The van der Waals surface area contributed by atoms with Crippen LogP contribution in [0.1, 0.15) is 16.7 Å². The normalized spacial score (nSPS) is 11.0. The van der Waals surface area contributed by atoms with Gasteiger partial charge in [-0.25, -0.2) is 4.79 Å². The molecule has 0 bridgehead atoms. The van der Waals surface area contributed by atoms with Crippen molar-refractivity contribution in [3.8, 4) is 5.75 Å². The SMILES string of the molecule is C=CCn1cc(/C=N/OCC(=O)O)c2cc(OCc3cccc(C)c3)ccc21. The van der Waals surface area contributed by atoms with Crippen LogP contribution in [0, 0.1) is 6.92 Å². The van der Waals surface area contributed by atoms with Gasteiger partial charge in [-0.3, -0.25) is 0 Å². The van der Waals surface area contributed by atoms with Gasteiger partial charge in [-0.1, -0.05) is 41.1 Å². The number of hydrogen-bond acceptors (Lipinski definition) is 4. The van der Waals surface area contributed by atoms with Gasteiger partial charge in [0, 0.05) is 29.2 Å². The van der Waals surface area contributed by atoms with Crippen molar-refractivity contribution in [2.24, 2.45) is 5.16 Å². The molecule has 0 saturated carbocycles. The highest BCUT2D eigenvalue weighted by atomic mass is 16.6. The van der Waals surface area contributed by atoms with E-state index in [-0.39, 0.29) is 0 Å². The summed E-state index contributed by atoms with van der Waals surface area (Å²) in [5.74, 6) is -0.329. The van der Waals surface area contributed by atoms with Crippen LogP contribution in [-0.4, -0.2) is 28.5 Å². The number of hydrogen-bond donors (Lipinski definition) is 1. The second kappa shape index (κ2) is 8.90. The first-order valence-electron chi connectivity index (χ1n) is 8.86. The number of aryl methyl sites for hydroxylation is 1. The highest BCUT2D eigenvalue weighted by Gasteiger charge is 2.09. The fraction of sp³-hybridized carbons (Fsp3) is 0.182. The number of nitrogens with zero attached hydrogens (tertiary/aromatic N) is 2. The van der Waals surface area contributed by atoms with Gasteiger partial charge in [0.2, 0.25) is 6.61 Å². The van der Waals surface area contributed by atoms with Crippen molar-refractivity contribution in [1.29, 1.82) is 0 Å². The summed E-state index contributed by atoms with van der Waals surface area (Å²) in [6.07, 6.45) is 5.24. The molecular formula is C22H22N2O4. The number of oxime groups is 1. The van der Waals surface area contributed by atoms with E-state index in [1.807, 2.05) is 47.2 Å². The van der Waals surface area contributed by atoms with Crippen molar-refractivity contribution in [3.05, 3.63) is 78.0 Å². The van der Waals surface area contributed by atoms with Crippen LogP contribution in [0.5, 0.6) is 5.75 Å². The molecule has 0 atom stereocenters. The summed E-state index contributed by atoms with van der Waals surface area (Å²) in [7, 11) is 0. The Balaban J connectivity index is 1.84. The van der Waals surface area contributed by atoms with Crippen molar-refractivity contribution in [3.63, 3.8) is 0 Å². The number of benzene rings is 2. The first kappa shape index (κ1) is 19.2. The lowest BCUT2D eigenvalue weighted by atomic mass is 10.1. The third-order valence-electron chi connectivity index (χ3n) is 4.15. The predicted molar refractivity (Wildman–Crippen MR) is 109 cm³/mol. The number of rotatable bonds is 9. The van der Waals surface area contributed by atoms with E-state index in [1.54, 1.807) is 0 Å². The number of carboxylic acids is 1. The molecule has 0 amide bonds. The number of fused-ring (bicyclic) bond motifs is 1. The molecule has 0 radical (unpaired) electrons. The Hall–Kier alpha value is -3.54. The summed E-state index contributed by atoms with van der Waals surface area (Å²) >= 11 is 0. The quantitative estimate of drug-likeness (QED) is 0.345. The minimum absolute atomic E-state index is 0.478. The molecule has 0 fully saturated rings. The van der Waals surface area contributed by atoms with E-state index in [4.69, 9.17) is 14.7 Å². The molecule has 0 spiro atoms. The van der Waals surface area contributed by atoms with E-state index < -0.39 is 12.6 Å². The minimum atomic E-state index is -1.07. The third-order valence-corrected chi connectivity index (χ3v) is 4.15. The Morgan fingerprint density at radius 2 is 2.14 bits per heavy atom. The maximum Gasteiger partial charge on any atom is 0.344 e. The lowest BCUT2D eigenvalue weighted by Crippen LogP contribution is -2.03. The zero-order chi connectivity index (χ0) is 19.9. The van der Waals surface area contributed by atoms with E-state index in [9.17, 15) is 4.79 Å². The van der Waals surface area contributed by atoms with Gasteiger partial charge in [0.1, 0.15) is 12.4 Å². The Morgan fingerprint density at radius 1 is 1.29 bits per heavy atom. The van der Waals surface area contributed by atoms with Gasteiger partial charge < -0.3 is 19.2 Å². The number of allylic oxidation sites excluding steroid dienone is 1. The number of carboxylic acid groups (broad SMARTS) is 1. The molecule has 6 nitrogen and oxygen atoms in total. The first-order chi connectivity index (χ1) is 13.6. The van der Waals surface area contributed by atoms with Crippen LogP contribution in [0.15, 0.2) is 66.5 Å². The molecular weight excluding hydrogens is 356 g/mol. The Labute approximate surface area is 163 Å². The van der Waals surface area contributed by atoms with Gasteiger partial charge in [0.05, 0.1) is 6.21 Å². The zero-order valence-electron chi connectivity index (χ0n) is 15.7. The molecule has 0 aliphatic carbocycles. The monoisotopic (exact) mass is 378 g/mol. The third kappa shape index (κ3) is 4.79. The summed E-state index contributed by atoms with van der Waals surface area (Å²) in [6, 6.07) is 14.1. The second-order valence-electron chi connectivity index (χ2n) is 6.38. The summed E-state index contributed by atoms with van der Waals surface area (Å²) < 4.78 is 7.99. The molecule has 0 aliphatic rings. The molecule has 3 aromatic rings. The van der Waals surface area contributed by atoms with Crippen molar-refractivity contribution in [1.82, 2.24) is 4.57 Å². The Bertz CT molecular complexity index is 1020. The van der Waals surface area contributed by atoms with Gasteiger partial charge in [0.15, 0.2) is 0 Å². The van der Waals surface area contributed by atoms with Crippen LogP contribution in [0.25, 0.3) is 10.9 Å². The van der Waals surface area contributed by atoms with E-state index in [2.05, 4.69) is 30.8 Å². The van der Waals surface area contributed by atoms with Gasteiger partial charge >= 0.3 is 5.97 Å². The molecule has 1 N–H and O–H groups in total. The smallest absolute Gasteiger partial charge is 0.344 e.